The molecule has 0 bridgehead atoms. The number of carbonyl (C=O) groups excluding carboxylic acids is 1. The molecule has 0 aliphatic rings. The Labute approximate surface area is 128 Å². The molecule has 0 amide bonds. The molecule has 5 nitrogen and oxygen atoms in total. The highest BCUT2D eigenvalue weighted by Crippen LogP contribution is 2.24. The van der Waals surface area contributed by atoms with Crippen LogP contribution in [-0.2, 0) is 16.0 Å². The van der Waals surface area contributed by atoms with Crippen molar-refractivity contribution in [1.29, 1.82) is 0 Å². The predicted octanol–water partition coefficient (Wildman–Crippen LogP) is 2.77. The summed E-state index contributed by atoms with van der Waals surface area (Å²) in [4.78, 5) is 23.4. The molecule has 0 saturated carbocycles. The van der Waals surface area contributed by atoms with Crippen molar-refractivity contribution in [3.63, 3.8) is 0 Å². The highest BCUT2D eigenvalue weighted by molar-refractivity contribution is 5.84. The Bertz CT molecular complexity index is 785. The van der Waals surface area contributed by atoms with Crippen molar-refractivity contribution in [3.05, 3.63) is 51.9 Å². The van der Waals surface area contributed by atoms with Crippen LogP contribution in [0.4, 0.5) is 0 Å². The zero-order valence-corrected chi connectivity index (χ0v) is 12.9. The third-order valence-corrected chi connectivity index (χ3v) is 3.29. The largest absolute Gasteiger partial charge is 0.489 e. The van der Waals surface area contributed by atoms with Gasteiger partial charge in [0.15, 0.2) is 0 Å². The van der Waals surface area contributed by atoms with Gasteiger partial charge in [-0.05, 0) is 37.1 Å². The minimum absolute atomic E-state index is 0.103. The third-order valence-electron chi connectivity index (χ3n) is 3.29. The lowest BCUT2D eigenvalue weighted by atomic mass is 10.0. The fourth-order valence-electron chi connectivity index (χ4n) is 2.09. The fourth-order valence-corrected chi connectivity index (χ4v) is 2.09. The second kappa shape index (κ2) is 6.47. The van der Waals surface area contributed by atoms with Crippen LogP contribution in [0.1, 0.15) is 18.1 Å². The van der Waals surface area contributed by atoms with Gasteiger partial charge in [-0.1, -0.05) is 6.58 Å². The lowest BCUT2D eigenvalue weighted by molar-refractivity contribution is -0.139. The normalized spacial score (nSPS) is 10.5. The molecule has 1 aromatic heterocycles. The first-order chi connectivity index (χ1) is 10.4. The molecule has 0 aliphatic carbocycles. The molecule has 0 radical (unpaired) electrons. The molecule has 1 aromatic carbocycles. The van der Waals surface area contributed by atoms with Crippen LogP contribution in [-0.4, -0.2) is 19.7 Å². The van der Waals surface area contributed by atoms with Crippen molar-refractivity contribution in [2.75, 3.05) is 13.7 Å². The van der Waals surface area contributed by atoms with Crippen molar-refractivity contribution < 1.29 is 18.7 Å². The lowest BCUT2D eigenvalue weighted by Gasteiger charge is -2.09. The molecule has 0 spiro atoms. The van der Waals surface area contributed by atoms with Gasteiger partial charge in [-0.15, -0.1) is 0 Å². The van der Waals surface area contributed by atoms with Crippen LogP contribution in [0.25, 0.3) is 11.0 Å². The van der Waals surface area contributed by atoms with Crippen molar-refractivity contribution in [2.45, 2.75) is 20.3 Å². The van der Waals surface area contributed by atoms with Gasteiger partial charge in [-0.25, -0.2) is 4.79 Å². The van der Waals surface area contributed by atoms with Crippen molar-refractivity contribution in [2.24, 2.45) is 0 Å². The number of carbonyl (C=O) groups is 1. The highest BCUT2D eigenvalue weighted by Gasteiger charge is 2.15. The van der Waals surface area contributed by atoms with Crippen LogP contribution in [0, 0.1) is 6.92 Å². The minimum atomic E-state index is -0.535. The second-order valence-electron chi connectivity index (χ2n) is 5.15. The number of methoxy groups -OCH3 is 1. The molecule has 2 rings (SSSR count). The van der Waals surface area contributed by atoms with E-state index in [-0.39, 0.29) is 6.42 Å². The van der Waals surface area contributed by atoms with Gasteiger partial charge in [0.1, 0.15) is 17.9 Å². The zero-order chi connectivity index (χ0) is 16.3. The molecule has 0 unspecified atom stereocenters. The third kappa shape index (κ3) is 3.36. The molecular formula is C17H18O5. The maximum atomic E-state index is 12.1. The quantitative estimate of drug-likeness (QED) is 0.483. The summed E-state index contributed by atoms with van der Waals surface area (Å²) in [6, 6.07) is 5.26. The molecular weight excluding hydrogens is 284 g/mol. The molecule has 2 aromatic rings. The molecule has 0 saturated heterocycles. The summed E-state index contributed by atoms with van der Waals surface area (Å²) in [5.41, 5.74) is 1.81. The number of hydrogen-bond acceptors (Lipinski definition) is 5. The first-order valence-corrected chi connectivity index (χ1v) is 6.82. The Hall–Kier alpha value is -2.56. The average molecular weight is 302 g/mol. The van der Waals surface area contributed by atoms with Crippen molar-refractivity contribution in [1.82, 2.24) is 0 Å². The van der Waals surface area contributed by atoms with Gasteiger partial charge in [0.25, 0.3) is 0 Å². The highest BCUT2D eigenvalue weighted by atomic mass is 16.5. The Balaban J connectivity index is 2.44. The zero-order valence-electron chi connectivity index (χ0n) is 12.9. The van der Waals surface area contributed by atoms with Crippen LogP contribution >= 0.6 is 0 Å². The van der Waals surface area contributed by atoms with Gasteiger partial charge in [0.05, 0.1) is 19.1 Å². The molecule has 0 N–H and O–H groups in total. The number of esters is 1. The minimum Gasteiger partial charge on any atom is -0.489 e. The molecule has 0 atom stereocenters. The van der Waals surface area contributed by atoms with Gasteiger partial charge < -0.3 is 13.9 Å². The maximum Gasteiger partial charge on any atom is 0.340 e. The molecule has 116 valence electrons. The van der Waals surface area contributed by atoms with Crippen molar-refractivity contribution in [3.8, 4) is 5.75 Å². The van der Waals surface area contributed by atoms with Crippen LogP contribution in [0.3, 0.4) is 0 Å². The molecule has 1 heterocycles. The Morgan fingerprint density at radius 1 is 1.36 bits per heavy atom. The van der Waals surface area contributed by atoms with Gasteiger partial charge in [-0.2, -0.15) is 0 Å². The van der Waals surface area contributed by atoms with E-state index in [1.54, 1.807) is 19.1 Å². The second-order valence-corrected chi connectivity index (χ2v) is 5.15. The summed E-state index contributed by atoms with van der Waals surface area (Å²) in [5.74, 6) is 0.120. The standard InChI is InChI=1S/C17H18O5/c1-10(2)9-21-12-5-6-13-11(3)14(8-16(18)20-4)17(19)22-15(13)7-12/h5-7H,1,8-9H2,2-4H3. The molecule has 0 fully saturated rings. The van der Waals surface area contributed by atoms with E-state index in [4.69, 9.17) is 9.15 Å². The number of rotatable bonds is 5. The Morgan fingerprint density at radius 2 is 2.09 bits per heavy atom. The summed E-state index contributed by atoms with van der Waals surface area (Å²) in [6.07, 6.45) is -0.103. The Kier molecular flexibility index (Phi) is 4.65. The van der Waals surface area contributed by atoms with Crippen LogP contribution in [0.5, 0.6) is 5.75 Å². The van der Waals surface area contributed by atoms with Gasteiger partial charge >= 0.3 is 11.6 Å². The lowest BCUT2D eigenvalue weighted by Crippen LogP contribution is -2.16. The number of ether oxygens (including phenoxy) is 2. The molecule has 5 heteroatoms. The van der Waals surface area contributed by atoms with E-state index in [1.807, 2.05) is 13.0 Å². The number of hydrogen-bond donors (Lipinski definition) is 0. The number of benzene rings is 1. The van der Waals surface area contributed by atoms with Gasteiger partial charge in [0.2, 0.25) is 0 Å². The van der Waals surface area contributed by atoms with Crippen LogP contribution in [0.2, 0.25) is 0 Å². The smallest absolute Gasteiger partial charge is 0.340 e. The Morgan fingerprint density at radius 3 is 2.73 bits per heavy atom. The summed E-state index contributed by atoms with van der Waals surface area (Å²) in [7, 11) is 1.28. The van der Waals surface area contributed by atoms with E-state index in [9.17, 15) is 9.59 Å². The first-order valence-electron chi connectivity index (χ1n) is 6.82. The van der Waals surface area contributed by atoms with E-state index < -0.39 is 11.6 Å². The first kappa shape index (κ1) is 15.8. The topological polar surface area (TPSA) is 65.7 Å². The summed E-state index contributed by atoms with van der Waals surface area (Å²) < 4.78 is 15.4. The van der Waals surface area contributed by atoms with E-state index in [1.165, 1.54) is 7.11 Å². The fraction of sp³-hybridized carbons (Fsp3) is 0.294. The van der Waals surface area contributed by atoms with E-state index in [0.29, 0.717) is 29.1 Å². The van der Waals surface area contributed by atoms with E-state index >= 15 is 0 Å². The average Bonchev–Trinajstić information content (AvgIpc) is 2.48. The van der Waals surface area contributed by atoms with Gasteiger partial charge in [0, 0.05) is 11.5 Å². The summed E-state index contributed by atoms with van der Waals surface area (Å²) >= 11 is 0. The summed E-state index contributed by atoms with van der Waals surface area (Å²) in [6.45, 7) is 7.81. The van der Waals surface area contributed by atoms with E-state index in [0.717, 1.165) is 11.0 Å². The predicted molar refractivity (Wildman–Crippen MR) is 83.3 cm³/mol. The van der Waals surface area contributed by atoms with Crippen LogP contribution < -0.4 is 10.4 Å². The SMILES string of the molecule is C=C(C)COc1ccc2c(C)c(CC(=O)OC)c(=O)oc2c1. The van der Waals surface area contributed by atoms with E-state index in [2.05, 4.69) is 11.3 Å². The molecule has 22 heavy (non-hydrogen) atoms. The molecule has 0 aliphatic heterocycles. The monoisotopic (exact) mass is 302 g/mol. The van der Waals surface area contributed by atoms with Gasteiger partial charge in [-0.3, -0.25) is 4.79 Å². The number of fused-ring (bicyclic) bond motifs is 1. The van der Waals surface area contributed by atoms with Crippen LogP contribution in [0.15, 0.2) is 39.6 Å². The number of aryl methyl sites for hydroxylation is 1. The summed E-state index contributed by atoms with van der Waals surface area (Å²) in [5, 5.41) is 0.765. The maximum absolute atomic E-state index is 12.1. The van der Waals surface area contributed by atoms with Crippen molar-refractivity contribution >= 4 is 16.9 Å².